The molecular weight excluding hydrogens is 475 g/mol. The van der Waals surface area contributed by atoms with Crippen molar-refractivity contribution >= 4 is 29.9 Å². The molecule has 2 atom stereocenters. The summed E-state index contributed by atoms with van der Waals surface area (Å²) >= 11 is 0. The number of hydrogen-bond donors (Lipinski definition) is 2. The van der Waals surface area contributed by atoms with Gasteiger partial charge in [-0.1, -0.05) is 30.7 Å². The zero-order valence-corrected chi connectivity index (χ0v) is 20.2. The van der Waals surface area contributed by atoms with Gasteiger partial charge in [-0.15, -0.1) is 24.0 Å². The normalized spacial score (nSPS) is 18.7. The number of likely N-dealkylation sites (tertiary alicyclic amines) is 1. The number of hydrogen-bond acceptors (Lipinski definition) is 3. The Morgan fingerprint density at radius 1 is 1.21 bits per heavy atom. The first-order valence-electron chi connectivity index (χ1n) is 10.4. The van der Waals surface area contributed by atoms with Crippen LogP contribution in [0.15, 0.2) is 47.7 Å². The predicted molar refractivity (Wildman–Crippen MR) is 131 cm³/mol. The van der Waals surface area contributed by atoms with Gasteiger partial charge in [0.05, 0.1) is 6.54 Å². The summed E-state index contributed by atoms with van der Waals surface area (Å²) in [6.07, 6.45) is 7.79. The van der Waals surface area contributed by atoms with E-state index in [1.807, 2.05) is 30.2 Å². The number of piperidine rings is 1. The minimum atomic E-state index is 0. The summed E-state index contributed by atoms with van der Waals surface area (Å²) < 4.78 is 1.95. The number of aromatic nitrogens is 2. The first kappa shape index (κ1) is 23.7. The lowest BCUT2D eigenvalue weighted by Gasteiger charge is -2.38. The third-order valence-corrected chi connectivity index (χ3v) is 5.67. The van der Waals surface area contributed by atoms with Gasteiger partial charge in [0.25, 0.3) is 0 Å². The molecule has 0 saturated carbocycles. The number of aliphatic imine (C=N–C) groups is 1. The molecule has 1 fully saturated rings. The summed E-state index contributed by atoms with van der Waals surface area (Å²) in [5.74, 6) is 0.852. The maximum atomic E-state index is 4.40. The molecule has 0 aliphatic carbocycles. The van der Waals surface area contributed by atoms with E-state index in [0.29, 0.717) is 12.1 Å². The second kappa shape index (κ2) is 12.2. The highest BCUT2D eigenvalue weighted by atomic mass is 127. The van der Waals surface area contributed by atoms with Crippen LogP contribution in [-0.4, -0.2) is 52.9 Å². The molecule has 160 valence electrons. The minimum Gasteiger partial charge on any atom is -0.355 e. The molecule has 2 unspecified atom stereocenters. The molecule has 0 spiro atoms. The summed E-state index contributed by atoms with van der Waals surface area (Å²) in [5.41, 5.74) is 2.53. The standard InChI is InChI=1S/C22H34N6.HI/c1-18-9-6-7-14-28(18)19(2)15-24-22(23-3)25-16-20-10-4-5-11-21(20)17-27-13-8-12-26-27;/h4-5,8,10-13,18-19H,6-7,9,14-17H2,1-3H3,(H2,23,24,25);1H. The molecule has 29 heavy (non-hydrogen) atoms. The Labute approximate surface area is 192 Å². The maximum Gasteiger partial charge on any atom is 0.191 e. The van der Waals surface area contributed by atoms with Crippen molar-refractivity contribution in [2.45, 2.75) is 58.3 Å². The molecule has 7 heteroatoms. The monoisotopic (exact) mass is 510 g/mol. The van der Waals surface area contributed by atoms with Crippen LogP contribution >= 0.6 is 24.0 Å². The van der Waals surface area contributed by atoms with Crippen LogP contribution in [0.1, 0.15) is 44.2 Å². The second-order valence-corrected chi connectivity index (χ2v) is 7.71. The number of halogens is 1. The topological polar surface area (TPSA) is 57.5 Å². The van der Waals surface area contributed by atoms with Crippen molar-refractivity contribution < 1.29 is 0 Å². The third-order valence-electron chi connectivity index (χ3n) is 5.67. The second-order valence-electron chi connectivity index (χ2n) is 7.71. The average molecular weight is 510 g/mol. The summed E-state index contributed by atoms with van der Waals surface area (Å²) in [4.78, 5) is 7.02. The molecular formula is C22H35IN6. The van der Waals surface area contributed by atoms with Crippen molar-refractivity contribution in [3.63, 3.8) is 0 Å². The molecule has 0 radical (unpaired) electrons. The molecule has 0 bridgehead atoms. The van der Waals surface area contributed by atoms with E-state index in [4.69, 9.17) is 0 Å². The Balaban J connectivity index is 0.00000300. The molecule has 0 amide bonds. The van der Waals surface area contributed by atoms with Gasteiger partial charge in [-0.05, 0) is 50.4 Å². The van der Waals surface area contributed by atoms with E-state index in [2.05, 4.69) is 63.7 Å². The van der Waals surface area contributed by atoms with Crippen molar-refractivity contribution in [2.24, 2.45) is 4.99 Å². The van der Waals surface area contributed by atoms with Crippen molar-refractivity contribution in [1.82, 2.24) is 25.3 Å². The van der Waals surface area contributed by atoms with Gasteiger partial charge >= 0.3 is 0 Å². The van der Waals surface area contributed by atoms with E-state index in [1.165, 1.54) is 36.9 Å². The van der Waals surface area contributed by atoms with Crippen molar-refractivity contribution in [3.05, 3.63) is 53.9 Å². The maximum absolute atomic E-state index is 4.40. The zero-order chi connectivity index (χ0) is 19.8. The van der Waals surface area contributed by atoms with Crippen molar-refractivity contribution in [2.75, 3.05) is 20.1 Å². The number of benzene rings is 1. The van der Waals surface area contributed by atoms with Gasteiger partial charge < -0.3 is 10.6 Å². The van der Waals surface area contributed by atoms with Crippen LogP contribution in [0.3, 0.4) is 0 Å². The predicted octanol–water partition coefficient (Wildman–Crippen LogP) is 3.48. The lowest BCUT2D eigenvalue weighted by atomic mass is 10.0. The van der Waals surface area contributed by atoms with E-state index >= 15 is 0 Å². The minimum absolute atomic E-state index is 0. The number of rotatable bonds is 7. The highest BCUT2D eigenvalue weighted by Crippen LogP contribution is 2.18. The van der Waals surface area contributed by atoms with E-state index < -0.39 is 0 Å². The van der Waals surface area contributed by atoms with Crippen LogP contribution in [0.2, 0.25) is 0 Å². The van der Waals surface area contributed by atoms with Crippen molar-refractivity contribution in [3.8, 4) is 0 Å². The molecule has 1 aliphatic heterocycles. The van der Waals surface area contributed by atoms with Gasteiger partial charge in [-0.2, -0.15) is 5.10 Å². The first-order valence-corrected chi connectivity index (χ1v) is 10.4. The van der Waals surface area contributed by atoms with Gasteiger partial charge in [0, 0.05) is 44.6 Å². The Kier molecular flexibility index (Phi) is 9.93. The molecule has 1 aromatic carbocycles. The quantitative estimate of drug-likeness (QED) is 0.340. The number of nitrogens with zero attached hydrogens (tertiary/aromatic N) is 4. The van der Waals surface area contributed by atoms with Gasteiger partial charge in [0.2, 0.25) is 0 Å². The van der Waals surface area contributed by atoms with Gasteiger partial charge in [0.15, 0.2) is 5.96 Å². The third kappa shape index (κ3) is 6.99. The van der Waals surface area contributed by atoms with Crippen LogP contribution in [0.4, 0.5) is 0 Å². The van der Waals surface area contributed by atoms with Crippen LogP contribution < -0.4 is 10.6 Å². The molecule has 1 aliphatic rings. The number of guanidine groups is 1. The van der Waals surface area contributed by atoms with E-state index in [1.54, 1.807) is 0 Å². The lowest BCUT2D eigenvalue weighted by Crippen LogP contribution is -2.50. The Hall–Kier alpha value is -1.61. The largest absolute Gasteiger partial charge is 0.355 e. The van der Waals surface area contributed by atoms with Gasteiger partial charge in [0.1, 0.15) is 0 Å². The fraction of sp³-hybridized carbons (Fsp3) is 0.545. The Morgan fingerprint density at radius 3 is 2.69 bits per heavy atom. The molecule has 2 heterocycles. The Bertz CT molecular complexity index is 746. The fourth-order valence-corrected chi connectivity index (χ4v) is 3.99. The van der Waals surface area contributed by atoms with Crippen LogP contribution in [0, 0.1) is 0 Å². The van der Waals surface area contributed by atoms with Crippen LogP contribution in [-0.2, 0) is 13.1 Å². The Morgan fingerprint density at radius 2 is 2.00 bits per heavy atom. The van der Waals surface area contributed by atoms with E-state index in [-0.39, 0.29) is 24.0 Å². The van der Waals surface area contributed by atoms with Gasteiger partial charge in [-0.3, -0.25) is 14.6 Å². The highest BCUT2D eigenvalue weighted by Gasteiger charge is 2.22. The highest BCUT2D eigenvalue weighted by molar-refractivity contribution is 14.0. The summed E-state index contributed by atoms with van der Waals surface area (Å²) in [6, 6.07) is 11.6. The lowest BCUT2D eigenvalue weighted by molar-refractivity contribution is 0.115. The molecule has 1 saturated heterocycles. The van der Waals surface area contributed by atoms with Gasteiger partial charge in [-0.25, -0.2) is 0 Å². The van der Waals surface area contributed by atoms with E-state index in [9.17, 15) is 0 Å². The molecule has 1 aromatic heterocycles. The van der Waals surface area contributed by atoms with Crippen LogP contribution in [0.5, 0.6) is 0 Å². The molecule has 3 rings (SSSR count). The zero-order valence-electron chi connectivity index (χ0n) is 17.8. The summed E-state index contributed by atoms with van der Waals surface area (Å²) in [6.45, 7) is 8.28. The average Bonchev–Trinajstić information content (AvgIpc) is 3.22. The SMILES string of the molecule is CN=C(NCc1ccccc1Cn1cccn1)NCC(C)N1CCCCC1C.I. The molecule has 2 N–H and O–H groups in total. The van der Waals surface area contributed by atoms with Crippen molar-refractivity contribution in [1.29, 1.82) is 0 Å². The number of nitrogens with one attached hydrogen (secondary N) is 2. The summed E-state index contributed by atoms with van der Waals surface area (Å²) in [5, 5.41) is 11.3. The molecule has 6 nitrogen and oxygen atoms in total. The van der Waals surface area contributed by atoms with E-state index in [0.717, 1.165) is 25.6 Å². The van der Waals surface area contributed by atoms with Crippen LogP contribution in [0.25, 0.3) is 0 Å². The molecule has 2 aromatic rings. The summed E-state index contributed by atoms with van der Waals surface area (Å²) in [7, 11) is 1.83. The first-order chi connectivity index (χ1) is 13.7. The smallest absolute Gasteiger partial charge is 0.191 e. The fourth-order valence-electron chi connectivity index (χ4n) is 3.99.